The molecule has 0 spiro atoms. The first kappa shape index (κ1) is 10.7. The Labute approximate surface area is 91.7 Å². The van der Waals surface area contributed by atoms with Crippen LogP contribution in [0.1, 0.15) is 39.0 Å². The lowest BCUT2D eigenvalue weighted by molar-refractivity contribution is -0.137. The second-order valence-corrected chi connectivity index (χ2v) is 4.87. The molecule has 0 heterocycles. The van der Waals surface area contributed by atoms with Gasteiger partial charge in [-0.2, -0.15) is 0 Å². The van der Waals surface area contributed by atoms with Gasteiger partial charge in [0.05, 0.1) is 6.61 Å². The van der Waals surface area contributed by atoms with Crippen LogP contribution in [-0.2, 0) is 9.53 Å². The van der Waals surface area contributed by atoms with Gasteiger partial charge in [-0.25, -0.2) is 4.79 Å². The standard InChI is InChI=1S/C13H20O2/c1-2-7-15-13(14)6-5-12-9-10-3-4-11(12)8-10/h5-6,10-12H,2-4,7-9H2,1H3/b6-5+/t10-,11+,12+/m1/s1. The molecule has 0 unspecified atom stereocenters. The molecule has 0 saturated heterocycles. The summed E-state index contributed by atoms with van der Waals surface area (Å²) in [5.74, 6) is 2.28. The monoisotopic (exact) mass is 208 g/mol. The molecule has 2 saturated carbocycles. The molecular formula is C13H20O2. The van der Waals surface area contributed by atoms with E-state index in [1.165, 1.54) is 25.7 Å². The first-order valence-electron chi connectivity index (χ1n) is 6.14. The second kappa shape index (κ2) is 4.82. The Bertz CT molecular complexity index is 257. The summed E-state index contributed by atoms with van der Waals surface area (Å²) >= 11 is 0. The molecule has 2 rings (SSSR count). The molecule has 2 nitrogen and oxygen atoms in total. The normalized spacial score (nSPS) is 33.8. The van der Waals surface area contributed by atoms with E-state index in [1.54, 1.807) is 6.08 Å². The van der Waals surface area contributed by atoms with E-state index in [9.17, 15) is 4.79 Å². The predicted molar refractivity (Wildman–Crippen MR) is 59.3 cm³/mol. The van der Waals surface area contributed by atoms with Crippen LogP contribution in [0.15, 0.2) is 12.2 Å². The van der Waals surface area contributed by atoms with E-state index in [0.29, 0.717) is 12.5 Å². The molecule has 2 aliphatic carbocycles. The summed E-state index contributed by atoms with van der Waals surface area (Å²) in [6.45, 7) is 2.55. The molecule has 0 aromatic rings. The molecule has 2 heteroatoms. The Morgan fingerprint density at radius 1 is 1.40 bits per heavy atom. The quantitative estimate of drug-likeness (QED) is 0.524. The van der Waals surface area contributed by atoms with Gasteiger partial charge in [0, 0.05) is 6.08 Å². The molecule has 3 atom stereocenters. The van der Waals surface area contributed by atoms with Gasteiger partial charge in [-0.15, -0.1) is 0 Å². The topological polar surface area (TPSA) is 26.3 Å². The minimum Gasteiger partial charge on any atom is -0.463 e. The molecule has 84 valence electrons. The SMILES string of the molecule is CCCOC(=O)/C=C/[C@H]1C[C@@H]2CC[C@H]1C2. The number of esters is 1. The maximum Gasteiger partial charge on any atom is 0.330 e. The molecule has 0 amide bonds. The van der Waals surface area contributed by atoms with Gasteiger partial charge in [0.25, 0.3) is 0 Å². The highest BCUT2D eigenvalue weighted by atomic mass is 16.5. The molecule has 2 aliphatic rings. The number of ether oxygens (including phenoxy) is 1. The van der Waals surface area contributed by atoms with Gasteiger partial charge in [-0.3, -0.25) is 0 Å². The van der Waals surface area contributed by atoms with E-state index in [-0.39, 0.29) is 5.97 Å². The lowest BCUT2D eigenvalue weighted by Crippen LogP contribution is -2.08. The molecule has 0 aromatic heterocycles. The Morgan fingerprint density at radius 3 is 2.87 bits per heavy atom. The summed E-state index contributed by atoms with van der Waals surface area (Å²) in [6.07, 6.45) is 10.1. The molecular weight excluding hydrogens is 188 g/mol. The number of carbonyl (C=O) groups excluding carboxylic acids is 1. The van der Waals surface area contributed by atoms with Crippen molar-refractivity contribution in [2.45, 2.75) is 39.0 Å². The molecule has 15 heavy (non-hydrogen) atoms. The Kier molecular flexibility index (Phi) is 3.45. The highest BCUT2D eigenvalue weighted by molar-refractivity contribution is 5.81. The van der Waals surface area contributed by atoms with E-state index in [2.05, 4.69) is 6.08 Å². The van der Waals surface area contributed by atoms with Crippen LogP contribution in [0.5, 0.6) is 0 Å². The first-order chi connectivity index (χ1) is 7.29. The lowest BCUT2D eigenvalue weighted by Gasteiger charge is -2.17. The third kappa shape index (κ3) is 2.61. The highest BCUT2D eigenvalue weighted by Gasteiger charge is 2.37. The number of hydrogen-bond donors (Lipinski definition) is 0. The van der Waals surface area contributed by atoms with Crippen LogP contribution >= 0.6 is 0 Å². The fourth-order valence-electron chi connectivity index (χ4n) is 2.98. The van der Waals surface area contributed by atoms with Crippen LogP contribution in [0.3, 0.4) is 0 Å². The van der Waals surface area contributed by atoms with Crippen LogP contribution < -0.4 is 0 Å². The lowest BCUT2D eigenvalue weighted by atomic mass is 9.89. The van der Waals surface area contributed by atoms with E-state index in [4.69, 9.17) is 4.74 Å². The zero-order valence-electron chi connectivity index (χ0n) is 9.45. The van der Waals surface area contributed by atoms with Crippen molar-refractivity contribution in [3.05, 3.63) is 12.2 Å². The molecule has 0 N–H and O–H groups in total. The average Bonchev–Trinajstić information content (AvgIpc) is 2.84. The van der Waals surface area contributed by atoms with Crippen molar-refractivity contribution < 1.29 is 9.53 Å². The van der Waals surface area contributed by atoms with Gasteiger partial charge >= 0.3 is 5.97 Å². The van der Waals surface area contributed by atoms with Gasteiger partial charge in [0.15, 0.2) is 0 Å². The molecule has 0 aromatic carbocycles. The smallest absolute Gasteiger partial charge is 0.330 e. The zero-order chi connectivity index (χ0) is 10.7. The van der Waals surface area contributed by atoms with Crippen molar-refractivity contribution >= 4 is 5.97 Å². The largest absolute Gasteiger partial charge is 0.463 e. The molecule has 2 fully saturated rings. The summed E-state index contributed by atoms with van der Waals surface area (Å²) < 4.78 is 5.01. The van der Waals surface area contributed by atoms with Crippen LogP contribution in [0.4, 0.5) is 0 Å². The molecule has 2 bridgehead atoms. The molecule has 0 aliphatic heterocycles. The second-order valence-electron chi connectivity index (χ2n) is 4.87. The van der Waals surface area contributed by atoms with Gasteiger partial charge in [0.1, 0.15) is 0 Å². The predicted octanol–water partition coefficient (Wildman–Crippen LogP) is 2.93. The van der Waals surface area contributed by atoms with Crippen molar-refractivity contribution in [2.24, 2.45) is 17.8 Å². The van der Waals surface area contributed by atoms with Crippen LogP contribution in [0, 0.1) is 17.8 Å². The van der Waals surface area contributed by atoms with E-state index in [0.717, 1.165) is 18.3 Å². The average molecular weight is 208 g/mol. The highest BCUT2D eigenvalue weighted by Crippen LogP contribution is 2.48. The maximum absolute atomic E-state index is 11.3. The van der Waals surface area contributed by atoms with Crippen molar-refractivity contribution in [1.82, 2.24) is 0 Å². The zero-order valence-corrected chi connectivity index (χ0v) is 9.45. The minimum atomic E-state index is -0.167. The molecule has 0 radical (unpaired) electrons. The number of rotatable bonds is 4. The van der Waals surface area contributed by atoms with Crippen LogP contribution in [0.25, 0.3) is 0 Å². The van der Waals surface area contributed by atoms with Gasteiger partial charge in [0.2, 0.25) is 0 Å². The third-order valence-electron chi connectivity index (χ3n) is 3.72. The van der Waals surface area contributed by atoms with Crippen LogP contribution in [-0.4, -0.2) is 12.6 Å². The number of allylic oxidation sites excluding steroid dienone is 1. The number of fused-ring (bicyclic) bond motifs is 2. The van der Waals surface area contributed by atoms with Crippen molar-refractivity contribution in [3.63, 3.8) is 0 Å². The third-order valence-corrected chi connectivity index (χ3v) is 3.72. The minimum absolute atomic E-state index is 0.167. The number of carbonyl (C=O) groups is 1. The number of hydrogen-bond acceptors (Lipinski definition) is 2. The van der Waals surface area contributed by atoms with E-state index >= 15 is 0 Å². The van der Waals surface area contributed by atoms with Gasteiger partial charge in [-0.05, 0) is 43.4 Å². The maximum atomic E-state index is 11.3. The summed E-state index contributed by atoms with van der Waals surface area (Å²) in [4.78, 5) is 11.3. The fraction of sp³-hybridized carbons (Fsp3) is 0.769. The van der Waals surface area contributed by atoms with Gasteiger partial charge in [-0.1, -0.05) is 19.4 Å². The van der Waals surface area contributed by atoms with E-state index < -0.39 is 0 Å². The Morgan fingerprint density at radius 2 is 2.27 bits per heavy atom. The summed E-state index contributed by atoms with van der Waals surface area (Å²) in [5.41, 5.74) is 0. The van der Waals surface area contributed by atoms with E-state index in [1.807, 2.05) is 6.92 Å². The summed E-state index contributed by atoms with van der Waals surface area (Å²) in [6, 6.07) is 0. The first-order valence-corrected chi connectivity index (χ1v) is 6.14. The van der Waals surface area contributed by atoms with Crippen molar-refractivity contribution in [1.29, 1.82) is 0 Å². The Hall–Kier alpha value is -0.790. The summed E-state index contributed by atoms with van der Waals surface area (Å²) in [5, 5.41) is 0. The van der Waals surface area contributed by atoms with Crippen molar-refractivity contribution in [2.75, 3.05) is 6.61 Å². The fourth-order valence-corrected chi connectivity index (χ4v) is 2.98. The van der Waals surface area contributed by atoms with Crippen molar-refractivity contribution in [3.8, 4) is 0 Å². The Balaban J connectivity index is 1.76. The summed E-state index contributed by atoms with van der Waals surface area (Å²) in [7, 11) is 0. The van der Waals surface area contributed by atoms with Gasteiger partial charge < -0.3 is 4.74 Å². The van der Waals surface area contributed by atoms with Crippen LogP contribution in [0.2, 0.25) is 0 Å².